The van der Waals surface area contributed by atoms with Crippen LogP contribution in [-0.2, 0) is 22.3 Å². The molecule has 1 aliphatic heterocycles. The van der Waals surface area contributed by atoms with Crippen LogP contribution in [0.2, 0.25) is 0 Å². The quantitative estimate of drug-likeness (QED) is 0.318. The Morgan fingerprint density at radius 1 is 1.14 bits per heavy atom. The number of alkyl halides is 6. The van der Waals surface area contributed by atoms with Gasteiger partial charge >= 0.3 is 18.3 Å². The third-order valence-electron chi connectivity index (χ3n) is 6.95. The first-order valence-corrected chi connectivity index (χ1v) is 13.4. The van der Waals surface area contributed by atoms with Gasteiger partial charge in [0.2, 0.25) is 0 Å². The summed E-state index contributed by atoms with van der Waals surface area (Å²) >= 11 is 3.38. The molecule has 0 aromatic heterocycles. The monoisotopic (exact) mass is 661 g/mol. The lowest BCUT2D eigenvalue weighted by Gasteiger charge is -2.34. The average Bonchev–Trinajstić information content (AvgIpc) is 3.06. The van der Waals surface area contributed by atoms with E-state index in [1.807, 2.05) is 0 Å². The number of carbonyl (C=O) groups excluding carboxylic acids is 2. The molecule has 0 saturated carbocycles. The van der Waals surface area contributed by atoms with Gasteiger partial charge in [-0.2, -0.15) is 26.3 Å². The van der Waals surface area contributed by atoms with E-state index < -0.39 is 61.5 Å². The van der Waals surface area contributed by atoms with Gasteiger partial charge in [-0.15, -0.1) is 0 Å². The summed E-state index contributed by atoms with van der Waals surface area (Å²) in [5.41, 5.74) is -1.02. The highest BCUT2D eigenvalue weighted by Crippen LogP contribution is 2.41. The zero-order valence-electron chi connectivity index (χ0n) is 22.6. The molecule has 0 fully saturated rings. The van der Waals surface area contributed by atoms with Crippen LogP contribution in [0.25, 0.3) is 10.8 Å². The van der Waals surface area contributed by atoms with E-state index in [1.54, 1.807) is 30.3 Å². The van der Waals surface area contributed by atoms with Gasteiger partial charge in [-0.25, -0.2) is 0 Å². The number of nitrogens with one attached hydrogen (secondary N) is 1. The number of anilines is 1. The largest absolute Gasteiger partial charge is 0.496 e. The van der Waals surface area contributed by atoms with E-state index >= 15 is 0 Å². The van der Waals surface area contributed by atoms with Crippen molar-refractivity contribution < 1.29 is 45.4 Å². The lowest BCUT2D eigenvalue weighted by molar-refractivity contribution is -0.189. The second-order valence-electron chi connectivity index (χ2n) is 9.69. The summed E-state index contributed by atoms with van der Waals surface area (Å²) in [7, 11) is 2.84. The third-order valence-corrected chi connectivity index (χ3v) is 7.45. The number of fused-ring (bicyclic) bond motifs is 2. The normalized spacial score (nSPS) is 16.5. The van der Waals surface area contributed by atoms with Gasteiger partial charge in [-0.05, 0) is 61.1 Å². The Hall–Kier alpha value is -3.52. The summed E-state index contributed by atoms with van der Waals surface area (Å²) in [6, 6.07) is 8.56. The maximum atomic E-state index is 14.1. The van der Waals surface area contributed by atoms with E-state index in [0.717, 1.165) is 21.5 Å². The summed E-state index contributed by atoms with van der Waals surface area (Å²) in [5, 5.41) is 4.03. The minimum absolute atomic E-state index is 0.165. The molecule has 14 heteroatoms. The minimum atomic E-state index is -5.33. The van der Waals surface area contributed by atoms with E-state index in [9.17, 15) is 35.9 Å². The molecule has 0 bridgehead atoms. The van der Waals surface area contributed by atoms with Crippen molar-refractivity contribution in [2.24, 2.45) is 0 Å². The van der Waals surface area contributed by atoms with Crippen molar-refractivity contribution in [3.05, 3.63) is 64.1 Å². The van der Waals surface area contributed by atoms with Crippen LogP contribution in [-0.4, -0.2) is 62.3 Å². The number of halogens is 7. The van der Waals surface area contributed by atoms with Crippen molar-refractivity contribution in [2.75, 3.05) is 32.2 Å². The van der Waals surface area contributed by atoms with Crippen LogP contribution < -0.4 is 19.7 Å². The second-order valence-corrected chi connectivity index (χ2v) is 10.6. The number of carbonyl (C=O) groups is 2. The first-order chi connectivity index (χ1) is 19.6. The van der Waals surface area contributed by atoms with Crippen molar-refractivity contribution in [3.63, 3.8) is 0 Å². The Morgan fingerprint density at radius 2 is 1.86 bits per heavy atom. The summed E-state index contributed by atoms with van der Waals surface area (Å²) in [4.78, 5) is 28.0. The Bertz CT molecular complexity index is 1500. The number of ether oxygens (including phenoxy) is 2. The van der Waals surface area contributed by atoms with Crippen molar-refractivity contribution in [2.45, 2.75) is 37.9 Å². The average molecular weight is 662 g/mol. The zero-order valence-corrected chi connectivity index (χ0v) is 24.2. The van der Waals surface area contributed by atoms with Crippen molar-refractivity contribution in [1.82, 2.24) is 10.2 Å². The molecule has 0 aliphatic carbocycles. The molecule has 1 N–H and O–H groups in total. The predicted molar refractivity (Wildman–Crippen MR) is 146 cm³/mol. The van der Waals surface area contributed by atoms with Gasteiger partial charge in [0.15, 0.2) is 0 Å². The Labute approximate surface area is 245 Å². The Balaban J connectivity index is 1.91. The number of methoxy groups -OCH3 is 1. The molecule has 3 aromatic rings. The molecule has 1 heterocycles. The molecule has 0 radical (unpaired) electrons. The van der Waals surface area contributed by atoms with Crippen LogP contribution in [0.3, 0.4) is 0 Å². The number of hydrogen-bond acceptors (Lipinski definition) is 5. The lowest BCUT2D eigenvalue weighted by Crippen LogP contribution is -2.58. The molecule has 0 unspecified atom stereocenters. The van der Waals surface area contributed by atoms with Crippen molar-refractivity contribution in [1.29, 1.82) is 0 Å². The van der Waals surface area contributed by atoms with Gasteiger partial charge in [0, 0.05) is 22.6 Å². The van der Waals surface area contributed by atoms with E-state index in [-0.39, 0.29) is 11.4 Å². The molecule has 2 atom stereocenters. The first-order valence-electron chi connectivity index (χ1n) is 12.6. The van der Waals surface area contributed by atoms with Crippen LogP contribution in [0.5, 0.6) is 11.5 Å². The van der Waals surface area contributed by atoms with E-state index in [1.165, 1.54) is 21.1 Å². The summed E-state index contributed by atoms with van der Waals surface area (Å²) in [6.07, 6.45) is -10.1. The fourth-order valence-corrected chi connectivity index (χ4v) is 5.09. The molecule has 0 saturated heterocycles. The van der Waals surface area contributed by atoms with Gasteiger partial charge in [-0.1, -0.05) is 28.1 Å². The molecule has 4 rings (SSSR count). The molecular weight excluding hydrogens is 636 g/mol. The number of amides is 2. The molecular formula is C28H26BrF6N3O4. The van der Waals surface area contributed by atoms with Crippen LogP contribution in [0.4, 0.5) is 32.0 Å². The standard InChI is InChI=1S/C28H26BrF6N3O4/c1-15(36-2)12-38(26(40)28(33,34)35)22-14-42-24-9-5-17(27(30,31)32)11-21(24)37(25(22)39)13-20-19-7-6-18(29)10-16(19)4-8-23(20)41-3/h4-11,15,22,36H,12-14H2,1-3H3/t15-,22-/m0/s1. The van der Waals surface area contributed by atoms with Crippen LogP contribution >= 0.6 is 15.9 Å². The van der Waals surface area contributed by atoms with Crippen molar-refractivity contribution in [3.8, 4) is 11.5 Å². The van der Waals surface area contributed by atoms with E-state index in [4.69, 9.17) is 9.47 Å². The maximum absolute atomic E-state index is 14.1. The Morgan fingerprint density at radius 3 is 2.48 bits per heavy atom. The summed E-state index contributed by atoms with van der Waals surface area (Å²) in [6.45, 7) is -0.130. The summed E-state index contributed by atoms with van der Waals surface area (Å²) < 4.78 is 94.3. The predicted octanol–water partition coefficient (Wildman–Crippen LogP) is 5.92. The molecule has 2 amide bonds. The van der Waals surface area contributed by atoms with Gasteiger partial charge in [-0.3, -0.25) is 9.59 Å². The Kier molecular flexibility index (Phi) is 8.97. The second kappa shape index (κ2) is 12.0. The number of rotatable bonds is 7. The first kappa shape index (κ1) is 31.4. The SMILES string of the molecule is CN[C@@H](C)CN(C(=O)C(F)(F)F)[C@H]1COc2ccc(C(F)(F)F)cc2N(Cc2c(OC)ccc3cc(Br)ccc23)C1=O. The highest BCUT2D eigenvalue weighted by molar-refractivity contribution is 9.10. The highest BCUT2D eigenvalue weighted by atomic mass is 79.9. The zero-order chi connectivity index (χ0) is 31.0. The molecule has 226 valence electrons. The van der Waals surface area contributed by atoms with Crippen LogP contribution in [0, 0.1) is 0 Å². The van der Waals surface area contributed by atoms with Crippen molar-refractivity contribution >= 4 is 44.2 Å². The fraction of sp³-hybridized carbons (Fsp3) is 0.357. The molecule has 7 nitrogen and oxygen atoms in total. The third kappa shape index (κ3) is 6.43. The molecule has 42 heavy (non-hydrogen) atoms. The van der Waals surface area contributed by atoms with E-state index in [0.29, 0.717) is 33.1 Å². The van der Waals surface area contributed by atoms with Gasteiger partial charge in [0.05, 0.1) is 24.9 Å². The molecule has 3 aromatic carbocycles. The smallest absolute Gasteiger partial charge is 0.471 e. The van der Waals surface area contributed by atoms with Crippen LogP contribution in [0.1, 0.15) is 18.1 Å². The lowest BCUT2D eigenvalue weighted by atomic mass is 10.0. The number of nitrogens with zero attached hydrogens (tertiary/aromatic N) is 2. The fourth-order valence-electron chi connectivity index (χ4n) is 4.71. The molecule has 1 aliphatic rings. The number of benzene rings is 3. The van der Waals surface area contributed by atoms with Crippen LogP contribution in [0.15, 0.2) is 53.0 Å². The summed E-state index contributed by atoms with van der Waals surface area (Å²) in [5.74, 6) is -3.20. The van der Waals surface area contributed by atoms with Gasteiger partial charge in [0.25, 0.3) is 5.91 Å². The minimum Gasteiger partial charge on any atom is -0.496 e. The topological polar surface area (TPSA) is 71.1 Å². The van der Waals surface area contributed by atoms with E-state index in [2.05, 4.69) is 21.2 Å². The van der Waals surface area contributed by atoms with Gasteiger partial charge < -0.3 is 24.6 Å². The number of likely N-dealkylation sites (N-methyl/N-ethyl adjacent to an activating group) is 1. The highest BCUT2D eigenvalue weighted by Gasteiger charge is 2.48. The van der Waals surface area contributed by atoms with Gasteiger partial charge in [0.1, 0.15) is 24.1 Å². The maximum Gasteiger partial charge on any atom is 0.471 e. The number of hydrogen-bond donors (Lipinski definition) is 1. The molecule has 0 spiro atoms.